The van der Waals surface area contributed by atoms with Crippen LogP contribution in [0.3, 0.4) is 0 Å². The first-order chi connectivity index (χ1) is 13.6. The first-order valence-corrected chi connectivity index (χ1v) is 9.93. The number of aliphatic carboxylic acids is 1. The molecule has 150 valence electrons. The quantitative estimate of drug-likeness (QED) is 0.411. The van der Waals surface area contributed by atoms with Crippen LogP contribution in [0.2, 0.25) is 0 Å². The molecule has 2 rings (SSSR count). The number of nitrogens with zero attached hydrogens (tertiary/aromatic N) is 1. The van der Waals surface area contributed by atoms with E-state index in [1.54, 1.807) is 11.0 Å². The van der Waals surface area contributed by atoms with Crippen molar-refractivity contribution in [1.29, 1.82) is 0 Å². The van der Waals surface area contributed by atoms with Gasteiger partial charge in [-0.05, 0) is 24.8 Å². The normalized spacial score (nSPS) is 18.4. The molecule has 0 saturated carbocycles. The Balaban J connectivity index is 1.93. The summed E-state index contributed by atoms with van der Waals surface area (Å²) < 4.78 is 0. The summed E-state index contributed by atoms with van der Waals surface area (Å²) in [6.45, 7) is 0.343. The molecule has 0 bridgehead atoms. The minimum absolute atomic E-state index is 0.0613. The monoisotopic (exact) mass is 383 g/mol. The third-order valence-corrected chi connectivity index (χ3v) is 4.77. The van der Waals surface area contributed by atoms with E-state index in [1.165, 1.54) is 0 Å². The summed E-state index contributed by atoms with van der Waals surface area (Å²) in [4.78, 5) is 24.8. The molecule has 0 radical (unpaired) electrons. The number of rotatable bonds is 8. The fourth-order valence-electron chi connectivity index (χ4n) is 3.26. The van der Waals surface area contributed by atoms with Gasteiger partial charge in [-0.2, -0.15) is 0 Å². The number of amides is 1. The maximum atomic E-state index is 12.5. The molecule has 0 aliphatic carbocycles. The van der Waals surface area contributed by atoms with Gasteiger partial charge in [-0.1, -0.05) is 54.8 Å². The van der Waals surface area contributed by atoms with Gasteiger partial charge in [0, 0.05) is 25.7 Å². The van der Waals surface area contributed by atoms with Crippen LogP contribution in [-0.2, 0) is 16.0 Å². The molecule has 1 heterocycles. The minimum atomic E-state index is -0.816. The number of aliphatic hydroxyl groups excluding tert-OH is 1. The lowest BCUT2D eigenvalue weighted by Crippen LogP contribution is -2.38. The Morgan fingerprint density at radius 2 is 2.04 bits per heavy atom. The summed E-state index contributed by atoms with van der Waals surface area (Å²) in [5.74, 6) is 5.25. The maximum absolute atomic E-state index is 12.5. The van der Waals surface area contributed by atoms with Crippen LogP contribution in [0.1, 0.15) is 50.5 Å². The van der Waals surface area contributed by atoms with E-state index >= 15 is 0 Å². The lowest BCUT2D eigenvalue weighted by molar-refractivity contribution is -0.137. The van der Waals surface area contributed by atoms with Gasteiger partial charge >= 0.3 is 5.97 Å². The van der Waals surface area contributed by atoms with Gasteiger partial charge in [0.15, 0.2) is 0 Å². The number of carboxylic acids is 1. The fourth-order valence-corrected chi connectivity index (χ4v) is 3.26. The first kappa shape index (κ1) is 21.7. The van der Waals surface area contributed by atoms with Gasteiger partial charge in [0.2, 0.25) is 5.91 Å². The lowest BCUT2D eigenvalue weighted by atomic mass is 10.0. The second-order valence-electron chi connectivity index (χ2n) is 7.08. The zero-order valence-corrected chi connectivity index (χ0v) is 16.2. The second-order valence-corrected chi connectivity index (χ2v) is 7.08. The van der Waals surface area contributed by atoms with Crippen molar-refractivity contribution in [2.45, 2.75) is 63.5 Å². The summed E-state index contributed by atoms with van der Waals surface area (Å²) in [5.41, 5.74) is 1.07. The van der Waals surface area contributed by atoms with E-state index in [0.29, 0.717) is 32.2 Å². The van der Waals surface area contributed by atoms with Crippen LogP contribution in [0.25, 0.3) is 0 Å². The van der Waals surface area contributed by atoms with Crippen LogP contribution < -0.4 is 0 Å². The third kappa shape index (κ3) is 7.98. The number of carboxylic acid groups (broad SMARTS) is 1. The highest BCUT2D eigenvalue weighted by Crippen LogP contribution is 2.19. The Kier molecular flexibility index (Phi) is 9.30. The Morgan fingerprint density at radius 3 is 2.79 bits per heavy atom. The predicted octanol–water partition coefficient (Wildman–Crippen LogP) is 3.18. The Labute approximate surface area is 167 Å². The molecule has 1 saturated heterocycles. The SMILES string of the molecule is O=C(O)CCCC#CCN1C(=O)CCCCC1/C=C/C(O)Cc1ccccc1. The summed E-state index contributed by atoms with van der Waals surface area (Å²) in [5, 5.41) is 18.9. The molecule has 1 fully saturated rings. The topological polar surface area (TPSA) is 77.8 Å². The lowest BCUT2D eigenvalue weighted by Gasteiger charge is -2.26. The summed E-state index contributed by atoms with van der Waals surface area (Å²) in [7, 11) is 0. The number of likely N-dealkylation sites (tertiary alicyclic amines) is 1. The van der Waals surface area contributed by atoms with E-state index in [0.717, 1.165) is 24.8 Å². The van der Waals surface area contributed by atoms with E-state index < -0.39 is 12.1 Å². The number of carbonyl (C=O) groups excluding carboxylic acids is 1. The van der Waals surface area contributed by atoms with Gasteiger partial charge in [-0.15, -0.1) is 5.92 Å². The van der Waals surface area contributed by atoms with Gasteiger partial charge in [0.05, 0.1) is 18.7 Å². The van der Waals surface area contributed by atoms with Crippen LogP contribution >= 0.6 is 0 Å². The van der Waals surface area contributed by atoms with Crippen LogP contribution in [0.5, 0.6) is 0 Å². The van der Waals surface area contributed by atoms with Crippen molar-refractivity contribution < 1.29 is 19.8 Å². The Morgan fingerprint density at radius 1 is 1.25 bits per heavy atom. The molecule has 2 N–H and O–H groups in total. The number of hydrogen-bond donors (Lipinski definition) is 2. The van der Waals surface area contributed by atoms with E-state index in [2.05, 4.69) is 11.8 Å². The number of unbranched alkanes of at least 4 members (excludes halogenated alkanes) is 1. The van der Waals surface area contributed by atoms with E-state index in [4.69, 9.17) is 5.11 Å². The number of benzene rings is 1. The fraction of sp³-hybridized carbons (Fsp3) is 0.478. The molecule has 1 aromatic rings. The predicted molar refractivity (Wildman–Crippen MR) is 109 cm³/mol. The Bertz CT molecular complexity index is 717. The first-order valence-electron chi connectivity index (χ1n) is 9.93. The average Bonchev–Trinajstić information content (AvgIpc) is 2.85. The molecular weight excluding hydrogens is 354 g/mol. The van der Waals surface area contributed by atoms with Gasteiger partial charge in [-0.25, -0.2) is 0 Å². The van der Waals surface area contributed by atoms with Gasteiger partial charge in [0.25, 0.3) is 0 Å². The van der Waals surface area contributed by atoms with E-state index in [1.807, 2.05) is 36.4 Å². The molecule has 2 unspecified atom stereocenters. The zero-order chi connectivity index (χ0) is 20.2. The molecular formula is C23H29NO4. The van der Waals surface area contributed by atoms with Crippen LogP contribution in [-0.4, -0.2) is 45.7 Å². The van der Waals surface area contributed by atoms with Crippen molar-refractivity contribution in [1.82, 2.24) is 4.90 Å². The third-order valence-electron chi connectivity index (χ3n) is 4.77. The van der Waals surface area contributed by atoms with Gasteiger partial charge in [-0.3, -0.25) is 9.59 Å². The Hall–Kier alpha value is -2.58. The van der Waals surface area contributed by atoms with Crippen molar-refractivity contribution in [2.75, 3.05) is 6.54 Å². The summed E-state index contributed by atoms with van der Waals surface area (Å²) >= 11 is 0. The van der Waals surface area contributed by atoms with E-state index in [-0.39, 0.29) is 18.4 Å². The average molecular weight is 383 g/mol. The smallest absolute Gasteiger partial charge is 0.303 e. The molecule has 0 spiro atoms. The molecule has 1 amide bonds. The highest BCUT2D eigenvalue weighted by molar-refractivity contribution is 5.77. The van der Waals surface area contributed by atoms with Crippen LogP contribution in [0.4, 0.5) is 0 Å². The molecule has 1 aliphatic heterocycles. The molecule has 0 aromatic heterocycles. The van der Waals surface area contributed by atoms with Crippen molar-refractivity contribution in [3.05, 3.63) is 48.0 Å². The maximum Gasteiger partial charge on any atom is 0.303 e. The molecule has 1 aromatic carbocycles. The number of aliphatic hydroxyl groups is 1. The zero-order valence-electron chi connectivity index (χ0n) is 16.2. The van der Waals surface area contributed by atoms with Crippen molar-refractivity contribution in [2.24, 2.45) is 0 Å². The molecule has 5 nitrogen and oxygen atoms in total. The molecule has 2 atom stereocenters. The summed E-state index contributed by atoms with van der Waals surface area (Å²) in [6, 6.07) is 9.76. The van der Waals surface area contributed by atoms with Crippen molar-refractivity contribution >= 4 is 11.9 Å². The van der Waals surface area contributed by atoms with Gasteiger partial charge in [0.1, 0.15) is 0 Å². The molecule has 28 heavy (non-hydrogen) atoms. The molecule has 5 heteroatoms. The summed E-state index contributed by atoms with van der Waals surface area (Å²) in [6.07, 6.45) is 8.05. The molecule has 1 aliphatic rings. The van der Waals surface area contributed by atoms with Crippen LogP contribution in [0.15, 0.2) is 42.5 Å². The minimum Gasteiger partial charge on any atom is -0.481 e. The van der Waals surface area contributed by atoms with E-state index in [9.17, 15) is 14.7 Å². The van der Waals surface area contributed by atoms with Crippen molar-refractivity contribution in [3.63, 3.8) is 0 Å². The number of hydrogen-bond acceptors (Lipinski definition) is 3. The standard InChI is InChI=1S/C23H29NO4/c25-21(18-19-10-4-3-5-11-19)16-15-20-12-7-8-13-22(26)24(20)17-9-2-1-6-14-23(27)28/h3-5,10-11,15-16,20-21,25H,1,6-8,12-14,17-18H2,(H,27,28)/b16-15+. The number of carbonyl (C=O) groups is 2. The van der Waals surface area contributed by atoms with Gasteiger partial charge < -0.3 is 15.1 Å². The van der Waals surface area contributed by atoms with Crippen molar-refractivity contribution in [3.8, 4) is 11.8 Å². The highest BCUT2D eigenvalue weighted by Gasteiger charge is 2.23. The highest BCUT2D eigenvalue weighted by atomic mass is 16.4. The largest absolute Gasteiger partial charge is 0.481 e. The second kappa shape index (κ2) is 12.0. The van der Waals surface area contributed by atoms with Crippen LogP contribution in [0, 0.1) is 11.8 Å².